The average Bonchev–Trinajstić information content (AvgIpc) is 2.50. The number of sulfonamides is 1. The molecule has 0 fully saturated rings. The first kappa shape index (κ1) is 17.4. The maximum Gasteiger partial charge on any atom is 0.258 e. The standard InChI is InChI=1S/C12H18N2O6S/c1-19-8-7-14(9-12(15)13-16)21(17,18)11-5-3-10(20-2)4-6-11/h3-6,16H,7-9H2,1-2H3,(H,13,15). The first-order valence-corrected chi connectivity index (χ1v) is 7.45. The van der Waals surface area contributed by atoms with E-state index in [0.29, 0.717) is 5.75 Å². The number of nitrogens with zero attached hydrogens (tertiary/aromatic N) is 1. The van der Waals surface area contributed by atoms with Gasteiger partial charge in [-0.3, -0.25) is 10.0 Å². The summed E-state index contributed by atoms with van der Waals surface area (Å²) in [5.41, 5.74) is 1.41. The summed E-state index contributed by atoms with van der Waals surface area (Å²) < 4.78 is 35.6. The lowest BCUT2D eigenvalue weighted by atomic mass is 10.3. The van der Waals surface area contributed by atoms with Crippen molar-refractivity contribution in [3.63, 3.8) is 0 Å². The highest BCUT2D eigenvalue weighted by molar-refractivity contribution is 7.89. The summed E-state index contributed by atoms with van der Waals surface area (Å²) in [6.45, 7) is -0.402. The largest absolute Gasteiger partial charge is 0.497 e. The van der Waals surface area contributed by atoms with Gasteiger partial charge in [0.1, 0.15) is 5.75 Å². The van der Waals surface area contributed by atoms with Crippen LogP contribution in [0.15, 0.2) is 29.2 Å². The summed E-state index contributed by atoms with van der Waals surface area (Å²) in [5, 5.41) is 8.54. The van der Waals surface area contributed by atoms with E-state index in [0.717, 1.165) is 4.31 Å². The number of ether oxygens (including phenoxy) is 2. The molecular weight excluding hydrogens is 300 g/mol. The number of nitrogens with one attached hydrogen (secondary N) is 1. The van der Waals surface area contributed by atoms with Gasteiger partial charge in [0, 0.05) is 13.7 Å². The van der Waals surface area contributed by atoms with Gasteiger partial charge in [-0.1, -0.05) is 0 Å². The van der Waals surface area contributed by atoms with E-state index in [9.17, 15) is 13.2 Å². The maximum atomic E-state index is 12.5. The van der Waals surface area contributed by atoms with Gasteiger partial charge in [-0.2, -0.15) is 4.31 Å². The van der Waals surface area contributed by atoms with Crippen LogP contribution in [0.4, 0.5) is 0 Å². The number of hydroxylamine groups is 1. The van der Waals surface area contributed by atoms with Crippen molar-refractivity contribution >= 4 is 15.9 Å². The number of carbonyl (C=O) groups excluding carboxylic acids is 1. The molecule has 1 amide bonds. The molecular formula is C12H18N2O6S. The fourth-order valence-electron chi connectivity index (χ4n) is 1.57. The second-order valence-corrected chi connectivity index (χ2v) is 5.98. The molecule has 1 aromatic carbocycles. The summed E-state index contributed by atoms with van der Waals surface area (Å²) >= 11 is 0. The van der Waals surface area contributed by atoms with Crippen LogP contribution in [0.2, 0.25) is 0 Å². The molecule has 21 heavy (non-hydrogen) atoms. The molecule has 9 heteroatoms. The van der Waals surface area contributed by atoms with Gasteiger partial charge in [0.15, 0.2) is 0 Å². The lowest BCUT2D eigenvalue weighted by molar-refractivity contribution is -0.129. The summed E-state index contributed by atoms with van der Waals surface area (Å²) in [7, 11) is -0.984. The number of carbonyl (C=O) groups is 1. The van der Waals surface area contributed by atoms with E-state index >= 15 is 0 Å². The van der Waals surface area contributed by atoms with Gasteiger partial charge in [0.05, 0.1) is 25.2 Å². The number of amides is 1. The van der Waals surface area contributed by atoms with E-state index in [2.05, 4.69) is 0 Å². The minimum Gasteiger partial charge on any atom is -0.497 e. The molecule has 2 N–H and O–H groups in total. The summed E-state index contributed by atoms with van der Waals surface area (Å²) in [5.74, 6) is -0.311. The second-order valence-electron chi connectivity index (χ2n) is 4.04. The topological polar surface area (TPSA) is 105 Å². The molecule has 118 valence electrons. The van der Waals surface area contributed by atoms with Crippen molar-refractivity contribution in [3.05, 3.63) is 24.3 Å². The molecule has 0 atom stereocenters. The zero-order valence-electron chi connectivity index (χ0n) is 11.8. The molecule has 0 aliphatic carbocycles. The van der Waals surface area contributed by atoms with E-state index in [1.165, 1.54) is 44.0 Å². The molecule has 1 rings (SSSR count). The molecule has 0 unspecified atom stereocenters. The fraction of sp³-hybridized carbons (Fsp3) is 0.417. The maximum absolute atomic E-state index is 12.5. The van der Waals surface area contributed by atoms with Crippen LogP contribution < -0.4 is 10.2 Å². The smallest absolute Gasteiger partial charge is 0.258 e. The lowest BCUT2D eigenvalue weighted by Gasteiger charge is -2.20. The van der Waals surface area contributed by atoms with Gasteiger partial charge < -0.3 is 9.47 Å². The Kier molecular flexibility index (Phi) is 6.56. The van der Waals surface area contributed by atoms with Crippen LogP contribution in [0.1, 0.15) is 0 Å². The Bertz CT molecular complexity index is 558. The summed E-state index contributed by atoms with van der Waals surface area (Å²) in [4.78, 5) is 11.3. The predicted octanol–water partition coefficient (Wildman–Crippen LogP) is -0.162. The van der Waals surface area contributed by atoms with E-state index in [1.807, 2.05) is 0 Å². The van der Waals surface area contributed by atoms with Crippen LogP contribution in [-0.2, 0) is 19.6 Å². The zero-order valence-corrected chi connectivity index (χ0v) is 12.6. The van der Waals surface area contributed by atoms with Crippen LogP contribution in [-0.4, -0.2) is 57.8 Å². The van der Waals surface area contributed by atoms with Crippen molar-refractivity contribution in [1.29, 1.82) is 0 Å². The number of benzene rings is 1. The first-order chi connectivity index (χ1) is 9.95. The normalized spacial score (nSPS) is 11.4. The Hall–Kier alpha value is -1.68. The molecule has 0 saturated heterocycles. The molecule has 0 heterocycles. The van der Waals surface area contributed by atoms with Crippen molar-refractivity contribution in [3.8, 4) is 5.75 Å². The van der Waals surface area contributed by atoms with Crippen molar-refractivity contribution in [2.45, 2.75) is 4.90 Å². The van der Waals surface area contributed by atoms with Crippen LogP contribution in [0, 0.1) is 0 Å². The Morgan fingerprint density at radius 1 is 1.29 bits per heavy atom. The monoisotopic (exact) mass is 318 g/mol. The highest BCUT2D eigenvalue weighted by Crippen LogP contribution is 2.19. The Balaban J connectivity index is 3.03. The minimum absolute atomic E-state index is 0.0156. The summed E-state index contributed by atoms with van der Waals surface area (Å²) in [6, 6.07) is 5.77. The highest BCUT2D eigenvalue weighted by atomic mass is 32.2. The zero-order chi connectivity index (χ0) is 15.9. The summed E-state index contributed by atoms with van der Waals surface area (Å²) in [6.07, 6.45) is 0. The molecule has 1 aromatic rings. The second kappa shape index (κ2) is 7.93. The van der Waals surface area contributed by atoms with Crippen molar-refractivity contribution in [2.24, 2.45) is 0 Å². The van der Waals surface area contributed by atoms with Crippen LogP contribution in [0.3, 0.4) is 0 Å². The van der Waals surface area contributed by atoms with Gasteiger partial charge in [-0.25, -0.2) is 13.9 Å². The van der Waals surface area contributed by atoms with Gasteiger partial charge in [-0.05, 0) is 24.3 Å². The van der Waals surface area contributed by atoms with E-state index in [-0.39, 0.29) is 18.0 Å². The van der Waals surface area contributed by atoms with E-state index < -0.39 is 22.5 Å². The van der Waals surface area contributed by atoms with Crippen molar-refractivity contribution in [1.82, 2.24) is 9.79 Å². The molecule has 0 radical (unpaired) electrons. The number of hydrogen-bond acceptors (Lipinski definition) is 6. The third-order valence-corrected chi connectivity index (χ3v) is 4.55. The van der Waals surface area contributed by atoms with Gasteiger partial charge in [0.25, 0.3) is 5.91 Å². The Labute approximate surface area is 123 Å². The van der Waals surface area contributed by atoms with Crippen LogP contribution in [0.5, 0.6) is 5.75 Å². The average molecular weight is 318 g/mol. The highest BCUT2D eigenvalue weighted by Gasteiger charge is 2.26. The number of rotatable bonds is 8. The molecule has 0 aliphatic heterocycles. The number of hydrogen-bond donors (Lipinski definition) is 2. The molecule has 0 spiro atoms. The molecule has 0 saturated carbocycles. The SMILES string of the molecule is COCCN(CC(=O)NO)S(=O)(=O)c1ccc(OC)cc1. The fourth-order valence-corrected chi connectivity index (χ4v) is 2.95. The number of methoxy groups -OCH3 is 2. The Morgan fingerprint density at radius 3 is 2.38 bits per heavy atom. The van der Waals surface area contributed by atoms with E-state index in [4.69, 9.17) is 14.7 Å². The van der Waals surface area contributed by atoms with Crippen LogP contribution in [0.25, 0.3) is 0 Å². The molecule has 0 aromatic heterocycles. The molecule has 8 nitrogen and oxygen atoms in total. The quantitative estimate of drug-likeness (QED) is 0.510. The van der Waals surface area contributed by atoms with Gasteiger partial charge in [-0.15, -0.1) is 0 Å². The third kappa shape index (κ3) is 4.67. The first-order valence-electron chi connectivity index (χ1n) is 6.01. The van der Waals surface area contributed by atoms with Crippen LogP contribution >= 0.6 is 0 Å². The van der Waals surface area contributed by atoms with Gasteiger partial charge >= 0.3 is 0 Å². The minimum atomic E-state index is -3.88. The Morgan fingerprint density at radius 2 is 1.90 bits per heavy atom. The van der Waals surface area contributed by atoms with Gasteiger partial charge in [0.2, 0.25) is 10.0 Å². The van der Waals surface area contributed by atoms with Crippen molar-refractivity contribution in [2.75, 3.05) is 33.9 Å². The third-order valence-electron chi connectivity index (χ3n) is 2.69. The van der Waals surface area contributed by atoms with E-state index in [1.54, 1.807) is 0 Å². The van der Waals surface area contributed by atoms with Crippen molar-refractivity contribution < 1.29 is 27.9 Å². The molecule has 0 aliphatic rings. The predicted molar refractivity (Wildman–Crippen MR) is 73.6 cm³/mol. The lowest BCUT2D eigenvalue weighted by Crippen LogP contribution is -2.41. The molecule has 0 bridgehead atoms.